The third kappa shape index (κ3) is 3.37. The topological polar surface area (TPSA) is 114 Å². The van der Waals surface area contributed by atoms with E-state index in [-0.39, 0.29) is 0 Å². The first kappa shape index (κ1) is 19.2. The van der Waals surface area contributed by atoms with Crippen molar-refractivity contribution in [1.82, 2.24) is 25.0 Å². The molecule has 150 valence electrons. The SMILES string of the molecule is CC.Cc1[nH]n2nc(-c3cccc(C=O)c3)nc2c1N=Nc1noc2ccccc12. The highest BCUT2D eigenvalue weighted by Gasteiger charge is 2.15. The van der Waals surface area contributed by atoms with Gasteiger partial charge in [0, 0.05) is 11.1 Å². The van der Waals surface area contributed by atoms with Gasteiger partial charge in [0.25, 0.3) is 0 Å². The van der Waals surface area contributed by atoms with Crippen molar-refractivity contribution in [3.63, 3.8) is 0 Å². The zero-order chi connectivity index (χ0) is 21.1. The summed E-state index contributed by atoms with van der Waals surface area (Å²) in [5, 5.41) is 20.8. The van der Waals surface area contributed by atoms with E-state index in [9.17, 15) is 4.79 Å². The number of aromatic nitrogens is 5. The molecule has 0 radical (unpaired) electrons. The van der Waals surface area contributed by atoms with Crippen LogP contribution in [-0.4, -0.2) is 31.3 Å². The summed E-state index contributed by atoms with van der Waals surface area (Å²) in [4.78, 5) is 15.6. The molecular weight excluding hydrogens is 382 g/mol. The van der Waals surface area contributed by atoms with E-state index in [1.165, 1.54) is 4.63 Å². The highest BCUT2D eigenvalue weighted by molar-refractivity contribution is 5.86. The molecule has 0 aliphatic heterocycles. The number of aryl methyl sites for hydroxylation is 1. The zero-order valence-corrected chi connectivity index (χ0v) is 16.7. The number of aldehydes is 1. The second kappa shape index (κ2) is 8.08. The van der Waals surface area contributed by atoms with Crippen LogP contribution in [0.25, 0.3) is 28.0 Å². The quantitative estimate of drug-likeness (QED) is 0.319. The smallest absolute Gasteiger partial charge is 0.224 e. The Labute approximate surface area is 171 Å². The number of H-pyrrole nitrogens is 1. The number of hydrogen-bond acceptors (Lipinski definition) is 7. The van der Waals surface area contributed by atoms with E-state index in [0.29, 0.717) is 34.1 Å². The van der Waals surface area contributed by atoms with E-state index in [4.69, 9.17) is 4.52 Å². The molecule has 3 aromatic heterocycles. The average Bonchev–Trinajstić information content (AvgIpc) is 3.47. The molecule has 9 heteroatoms. The number of aromatic amines is 1. The van der Waals surface area contributed by atoms with E-state index < -0.39 is 0 Å². The van der Waals surface area contributed by atoms with Gasteiger partial charge in [0.1, 0.15) is 6.29 Å². The first-order valence-electron chi connectivity index (χ1n) is 9.50. The lowest BCUT2D eigenvalue weighted by molar-refractivity contribution is 0.112. The minimum absolute atomic E-state index is 0.396. The maximum absolute atomic E-state index is 11.0. The van der Waals surface area contributed by atoms with Gasteiger partial charge in [-0.25, -0.2) is 4.98 Å². The minimum Gasteiger partial charge on any atom is -0.354 e. The van der Waals surface area contributed by atoms with Crippen LogP contribution in [0.15, 0.2) is 63.3 Å². The monoisotopic (exact) mass is 401 g/mol. The molecule has 30 heavy (non-hydrogen) atoms. The summed E-state index contributed by atoms with van der Waals surface area (Å²) >= 11 is 0. The molecule has 0 saturated heterocycles. The van der Waals surface area contributed by atoms with Crippen LogP contribution >= 0.6 is 0 Å². The van der Waals surface area contributed by atoms with Crippen molar-refractivity contribution < 1.29 is 9.32 Å². The number of para-hydroxylation sites is 1. The van der Waals surface area contributed by atoms with Gasteiger partial charge in [-0.15, -0.1) is 15.3 Å². The number of nitrogens with one attached hydrogen (secondary N) is 1. The maximum Gasteiger partial charge on any atom is 0.224 e. The van der Waals surface area contributed by atoms with Crippen molar-refractivity contribution in [2.45, 2.75) is 20.8 Å². The van der Waals surface area contributed by atoms with E-state index >= 15 is 0 Å². The van der Waals surface area contributed by atoms with Gasteiger partial charge < -0.3 is 4.52 Å². The molecule has 9 nitrogen and oxygen atoms in total. The van der Waals surface area contributed by atoms with E-state index in [0.717, 1.165) is 22.9 Å². The van der Waals surface area contributed by atoms with E-state index in [1.807, 2.05) is 51.1 Å². The second-order valence-corrected chi connectivity index (χ2v) is 6.20. The molecular formula is C21H19N7O2. The van der Waals surface area contributed by atoms with Crippen LogP contribution in [0.2, 0.25) is 0 Å². The fourth-order valence-electron chi connectivity index (χ4n) is 2.96. The Morgan fingerprint density at radius 2 is 1.93 bits per heavy atom. The van der Waals surface area contributed by atoms with Crippen LogP contribution in [0.3, 0.4) is 0 Å². The van der Waals surface area contributed by atoms with Crippen LogP contribution in [0, 0.1) is 6.92 Å². The third-order valence-electron chi connectivity index (χ3n) is 4.33. The molecule has 0 aliphatic rings. The number of hydrogen-bond donors (Lipinski definition) is 1. The average molecular weight is 401 g/mol. The molecule has 0 atom stereocenters. The number of benzene rings is 2. The number of carbonyl (C=O) groups is 1. The molecule has 1 N–H and O–H groups in total. The molecule has 0 spiro atoms. The normalized spacial score (nSPS) is 11.2. The van der Waals surface area contributed by atoms with Crippen molar-refractivity contribution >= 4 is 34.4 Å². The number of fused-ring (bicyclic) bond motifs is 2. The Bertz CT molecular complexity index is 1360. The van der Waals surface area contributed by atoms with E-state index in [1.54, 1.807) is 18.2 Å². The molecule has 3 heterocycles. The molecule has 2 aromatic carbocycles. The van der Waals surface area contributed by atoms with Crippen molar-refractivity contribution in [3.05, 3.63) is 59.8 Å². The lowest BCUT2D eigenvalue weighted by Crippen LogP contribution is -1.89. The van der Waals surface area contributed by atoms with Crippen LogP contribution in [-0.2, 0) is 0 Å². The minimum atomic E-state index is 0.396. The van der Waals surface area contributed by atoms with Gasteiger partial charge >= 0.3 is 0 Å². The predicted molar refractivity (Wildman–Crippen MR) is 112 cm³/mol. The molecule has 0 aliphatic carbocycles. The van der Waals surface area contributed by atoms with Gasteiger partial charge in [-0.2, -0.15) is 4.63 Å². The highest BCUT2D eigenvalue weighted by Crippen LogP contribution is 2.30. The lowest BCUT2D eigenvalue weighted by atomic mass is 10.1. The summed E-state index contributed by atoms with van der Waals surface area (Å²) in [6.45, 7) is 5.86. The second-order valence-electron chi connectivity index (χ2n) is 6.20. The maximum atomic E-state index is 11.0. The molecule has 0 bridgehead atoms. The van der Waals surface area contributed by atoms with Crippen LogP contribution in [0.1, 0.15) is 29.9 Å². The van der Waals surface area contributed by atoms with Gasteiger partial charge in [0.05, 0.1) is 11.1 Å². The predicted octanol–water partition coefficient (Wildman–Crippen LogP) is 5.43. The Balaban J connectivity index is 0.00000106. The van der Waals surface area contributed by atoms with Crippen LogP contribution in [0.4, 0.5) is 11.5 Å². The summed E-state index contributed by atoms with van der Waals surface area (Å²) in [6.07, 6.45) is 0.789. The van der Waals surface area contributed by atoms with Crippen LogP contribution in [0.5, 0.6) is 0 Å². The first-order valence-corrected chi connectivity index (χ1v) is 9.50. The summed E-state index contributed by atoms with van der Waals surface area (Å²) in [7, 11) is 0. The summed E-state index contributed by atoms with van der Waals surface area (Å²) in [5.74, 6) is 0.881. The Morgan fingerprint density at radius 3 is 2.77 bits per heavy atom. The number of azo groups is 1. The molecule has 5 aromatic rings. The Morgan fingerprint density at radius 1 is 1.10 bits per heavy atom. The summed E-state index contributed by atoms with van der Waals surface area (Å²) < 4.78 is 6.78. The molecule has 0 fully saturated rings. The largest absolute Gasteiger partial charge is 0.354 e. The van der Waals surface area contributed by atoms with Gasteiger partial charge in [-0.3, -0.25) is 9.89 Å². The molecule has 0 amide bonds. The highest BCUT2D eigenvalue weighted by atomic mass is 16.5. The number of rotatable bonds is 4. The molecule has 5 rings (SSSR count). The number of carbonyl (C=O) groups excluding carboxylic acids is 1. The van der Waals surface area contributed by atoms with Gasteiger partial charge in [0.15, 0.2) is 17.1 Å². The Kier molecular flexibility index (Phi) is 5.17. The van der Waals surface area contributed by atoms with Gasteiger partial charge in [0.2, 0.25) is 11.5 Å². The fraction of sp³-hybridized carbons (Fsp3) is 0.143. The molecule has 0 unspecified atom stereocenters. The Hall–Kier alpha value is -4.14. The summed E-state index contributed by atoms with van der Waals surface area (Å²) in [5.41, 5.74) is 3.79. The fourth-order valence-corrected chi connectivity index (χ4v) is 2.96. The number of nitrogens with zero attached hydrogens (tertiary/aromatic N) is 6. The summed E-state index contributed by atoms with van der Waals surface area (Å²) in [6, 6.07) is 14.5. The zero-order valence-electron chi connectivity index (χ0n) is 16.7. The van der Waals surface area contributed by atoms with Crippen molar-refractivity contribution in [2.75, 3.05) is 0 Å². The van der Waals surface area contributed by atoms with Gasteiger partial charge in [-0.05, 0) is 25.1 Å². The van der Waals surface area contributed by atoms with Crippen LogP contribution < -0.4 is 0 Å². The van der Waals surface area contributed by atoms with Crippen molar-refractivity contribution in [2.24, 2.45) is 10.2 Å². The van der Waals surface area contributed by atoms with Crippen molar-refractivity contribution in [3.8, 4) is 11.4 Å². The standard InChI is InChI=1S/C19H13N7O2.C2H6/c1-11-16(21-22-18-14-7-2-3-8-15(14)28-25-18)19-20-17(24-26(19)23-11)13-6-4-5-12(9-13)10-27;1-2/h2-10,23H,1H3;1-2H3. The first-order chi connectivity index (χ1) is 14.7. The van der Waals surface area contributed by atoms with E-state index in [2.05, 4.69) is 30.6 Å². The third-order valence-corrected chi connectivity index (χ3v) is 4.33. The lowest BCUT2D eigenvalue weighted by Gasteiger charge is -1.95. The van der Waals surface area contributed by atoms with Gasteiger partial charge in [-0.1, -0.05) is 49.3 Å². The molecule has 0 saturated carbocycles. The van der Waals surface area contributed by atoms with Crippen molar-refractivity contribution in [1.29, 1.82) is 0 Å².